The average Bonchev–Trinajstić information content (AvgIpc) is 0.812. The van der Waals surface area contributed by atoms with Crippen molar-refractivity contribution in [2.75, 3.05) is 103 Å². The third-order valence-corrected chi connectivity index (χ3v) is 22.8. The minimum atomic E-state index is -1.13. The van der Waals surface area contributed by atoms with E-state index in [2.05, 4.69) is 82.0 Å². The molecule has 624 valence electrons. The minimum Gasteiger partial charge on any atom is -0.481 e. The Morgan fingerprint density at radius 2 is 0.724 bits per heavy atom. The molecular weight excluding hydrogens is 1480 g/mol. The fourth-order valence-electron chi connectivity index (χ4n) is 15.9. The molecule has 30 nitrogen and oxygen atoms in total. The number of fused-ring (bicyclic) bond motifs is 3. The summed E-state index contributed by atoms with van der Waals surface area (Å²) in [6.45, 7) is 21.4. The SMILES string of the molecule is CC(=O)CCOC(=O)C[C@@H](CNc1nc(C)nc(N2CCC(c3ccc4c(n3)CCCC4)CC2)c1C)C(=O)O.CC(=O)COC(=O)C[C@@H](CNc1nc(C)nc(N2CCC(c3ccc4c(n3)CCCC4)CC2)c1C)C(=O)O.CC(=O)[C@H](C)OC(=O)C[C@@H](CNc1nc(C)nc(N2CCC(c3ccc4c(n3)CCCC4)CC2)c1C)C(=O)O. The summed E-state index contributed by atoms with van der Waals surface area (Å²) in [6.07, 6.45) is 18.3. The summed E-state index contributed by atoms with van der Waals surface area (Å²) in [5.41, 5.74) is 14.2. The number of aromatic nitrogens is 9. The fraction of sp³-hybridized carbons (Fsp3) is 0.581. The van der Waals surface area contributed by atoms with Crippen molar-refractivity contribution in [2.45, 2.75) is 234 Å². The number of hydrogen-bond acceptors (Lipinski definition) is 27. The Hall–Kier alpha value is -10.7. The van der Waals surface area contributed by atoms with Gasteiger partial charge in [0.15, 0.2) is 17.7 Å². The van der Waals surface area contributed by atoms with Crippen LogP contribution in [-0.4, -0.2) is 192 Å². The number of esters is 3. The highest BCUT2D eigenvalue weighted by atomic mass is 16.5. The second-order valence-corrected chi connectivity index (χ2v) is 31.8. The number of Topliss-reactive ketones (excluding diaryl/α,β-unsaturated/α-hetero) is 3. The topological polar surface area (TPSA) is 404 Å². The number of aliphatic carboxylic acids is 3. The van der Waals surface area contributed by atoms with E-state index in [0.717, 1.165) is 150 Å². The van der Waals surface area contributed by atoms with E-state index in [4.69, 9.17) is 44.1 Å². The largest absolute Gasteiger partial charge is 0.481 e. The molecule has 0 bridgehead atoms. The molecule has 4 atom stereocenters. The molecule has 12 rings (SSSR count). The number of carbonyl (C=O) groups is 9. The normalized spacial score (nSPS) is 16.7. The number of carboxylic acid groups (broad SMARTS) is 3. The van der Waals surface area contributed by atoms with E-state index in [1.807, 2.05) is 41.5 Å². The first-order valence-electron chi connectivity index (χ1n) is 41.2. The molecule has 3 aliphatic carbocycles. The Morgan fingerprint density at radius 3 is 1.03 bits per heavy atom. The van der Waals surface area contributed by atoms with Gasteiger partial charge in [-0.3, -0.25) is 58.1 Å². The van der Waals surface area contributed by atoms with E-state index >= 15 is 0 Å². The second kappa shape index (κ2) is 41.8. The lowest BCUT2D eigenvalue weighted by molar-refractivity contribution is -0.157. The number of piperidine rings is 3. The van der Waals surface area contributed by atoms with Crippen LogP contribution in [0.2, 0.25) is 0 Å². The lowest BCUT2D eigenvalue weighted by Gasteiger charge is -2.34. The van der Waals surface area contributed by atoms with Gasteiger partial charge in [0.25, 0.3) is 0 Å². The molecule has 6 aromatic heterocycles. The molecule has 116 heavy (non-hydrogen) atoms. The monoisotopic (exact) mass is 1600 g/mol. The van der Waals surface area contributed by atoms with Crippen LogP contribution in [0.5, 0.6) is 0 Å². The maximum absolute atomic E-state index is 12.2. The maximum atomic E-state index is 12.2. The maximum Gasteiger partial charge on any atom is 0.308 e. The Morgan fingerprint density at radius 1 is 0.414 bits per heavy atom. The minimum absolute atomic E-state index is 0.00664. The number of carbonyl (C=O) groups excluding carboxylic acids is 6. The number of rotatable bonds is 31. The summed E-state index contributed by atoms with van der Waals surface area (Å²) in [5.74, 6) is -1.96. The van der Waals surface area contributed by atoms with Crippen LogP contribution in [-0.2, 0) is 95.9 Å². The Labute approximate surface area is 678 Å². The number of pyridine rings is 3. The van der Waals surface area contributed by atoms with Gasteiger partial charge in [0.1, 0.15) is 64.8 Å². The van der Waals surface area contributed by atoms with Gasteiger partial charge in [0.2, 0.25) is 0 Å². The molecule has 0 amide bonds. The van der Waals surface area contributed by atoms with Gasteiger partial charge in [-0.15, -0.1) is 0 Å². The molecule has 0 aromatic carbocycles. The number of carboxylic acids is 3. The Balaban J connectivity index is 0.000000184. The Kier molecular flexibility index (Phi) is 31.6. The zero-order chi connectivity index (χ0) is 83.3. The third kappa shape index (κ3) is 24.7. The van der Waals surface area contributed by atoms with E-state index in [1.54, 1.807) is 0 Å². The van der Waals surface area contributed by atoms with E-state index in [9.17, 15) is 58.5 Å². The van der Waals surface area contributed by atoms with Gasteiger partial charge in [-0.1, -0.05) is 18.2 Å². The van der Waals surface area contributed by atoms with Gasteiger partial charge < -0.3 is 60.2 Å². The summed E-state index contributed by atoms with van der Waals surface area (Å²) in [4.78, 5) is 154. The molecule has 0 spiro atoms. The number of nitrogens with one attached hydrogen (secondary N) is 3. The fourth-order valence-corrected chi connectivity index (χ4v) is 15.9. The van der Waals surface area contributed by atoms with Gasteiger partial charge in [-0.05, 0) is 220 Å². The zero-order valence-electron chi connectivity index (χ0n) is 68.9. The molecule has 0 radical (unpaired) electrons. The van der Waals surface area contributed by atoms with Crippen LogP contribution in [0.4, 0.5) is 34.9 Å². The van der Waals surface area contributed by atoms with Crippen molar-refractivity contribution in [2.24, 2.45) is 17.8 Å². The van der Waals surface area contributed by atoms with Crippen LogP contribution in [0.25, 0.3) is 0 Å². The first-order chi connectivity index (χ1) is 55.5. The smallest absolute Gasteiger partial charge is 0.308 e. The molecule has 3 saturated heterocycles. The lowest BCUT2D eigenvalue weighted by Crippen LogP contribution is -2.35. The van der Waals surface area contributed by atoms with Crippen molar-refractivity contribution in [3.05, 3.63) is 121 Å². The van der Waals surface area contributed by atoms with Gasteiger partial charge in [0, 0.05) is 134 Å². The zero-order valence-corrected chi connectivity index (χ0v) is 68.9. The summed E-state index contributed by atoms with van der Waals surface area (Å²) in [6, 6.07) is 13.4. The van der Waals surface area contributed by atoms with Crippen LogP contribution >= 0.6 is 0 Å². The van der Waals surface area contributed by atoms with Crippen molar-refractivity contribution in [1.29, 1.82) is 0 Å². The van der Waals surface area contributed by atoms with Crippen molar-refractivity contribution in [1.82, 2.24) is 44.9 Å². The van der Waals surface area contributed by atoms with Crippen LogP contribution in [0.15, 0.2) is 36.4 Å². The van der Waals surface area contributed by atoms with Gasteiger partial charge >= 0.3 is 35.8 Å². The summed E-state index contributed by atoms with van der Waals surface area (Å²) in [7, 11) is 0. The van der Waals surface area contributed by atoms with Crippen molar-refractivity contribution >= 4 is 88.1 Å². The van der Waals surface area contributed by atoms with Crippen LogP contribution < -0.4 is 30.7 Å². The van der Waals surface area contributed by atoms with Gasteiger partial charge in [0.05, 0.1) is 43.6 Å². The Bertz CT molecular complexity index is 4520. The number of ketones is 3. The number of hydrogen-bond donors (Lipinski definition) is 6. The molecule has 0 unspecified atom stereocenters. The molecule has 0 saturated carbocycles. The van der Waals surface area contributed by atoms with Gasteiger partial charge in [-0.25, -0.2) is 29.9 Å². The number of anilines is 6. The first-order valence-corrected chi connectivity index (χ1v) is 41.2. The van der Waals surface area contributed by atoms with E-state index in [1.165, 1.54) is 117 Å². The quantitative estimate of drug-likeness (QED) is 0.0174. The predicted octanol–water partition coefficient (Wildman–Crippen LogP) is 10.9. The summed E-state index contributed by atoms with van der Waals surface area (Å²) >= 11 is 0. The molecule has 30 heteroatoms. The van der Waals surface area contributed by atoms with Crippen LogP contribution in [0.1, 0.15) is 233 Å². The molecule has 3 fully saturated rings. The lowest BCUT2D eigenvalue weighted by atomic mass is 9.90. The van der Waals surface area contributed by atoms with Crippen LogP contribution in [0.3, 0.4) is 0 Å². The average molecular weight is 1600 g/mol. The van der Waals surface area contributed by atoms with E-state index in [-0.39, 0.29) is 75.9 Å². The summed E-state index contributed by atoms with van der Waals surface area (Å²) in [5, 5.41) is 38.2. The number of ether oxygens (including phenoxy) is 3. The second-order valence-electron chi connectivity index (χ2n) is 31.8. The standard InChI is InChI=1S/2C29H39N5O5.C28H37N5O5/c1-17-27(30-16-23(29(37)38)15-26(36)39-19(3)18(2)35)31-20(4)32-28(17)34-13-11-22(12-14-34)25-10-9-21-7-5-6-8-24(21)33-25;1-18(35)12-15-39-26(36)16-23(29(37)38)17-30-27-19(2)28(32-20(3)31-27)34-13-10-22(11-14-34)25-9-8-21-6-4-5-7-24(21)33-25;1-17(34)16-38-25(35)14-22(28(36)37)15-29-26-18(2)27(31-19(3)30-26)33-12-10-21(11-13-33)24-9-8-20-6-4-5-7-23(20)32-24/h9-10,19,22-23H,5-8,11-16H2,1-4H3,(H,37,38)(H,30,31,32);8-9,22-23H,4-7,10-17H2,1-3H3,(H,37,38)(H,30,31,32);8-9,21-22H,4-7,10-16H2,1-3H3,(H,36,37)(H,29,30,31)/t19-,23-;23-;22-/m000/s1. The third-order valence-electron chi connectivity index (χ3n) is 22.8. The predicted molar refractivity (Wildman–Crippen MR) is 437 cm³/mol. The molecular formula is C86H115N15O15. The highest BCUT2D eigenvalue weighted by Crippen LogP contribution is 2.38. The number of aryl methyl sites for hydroxylation is 9. The van der Waals surface area contributed by atoms with Crippen molar-refractivity contribution in [3.63, 3.8) is 0 Å². The summed E-state index contributed by atoms with van der Waals surface area (Å²) < 4.78 is 14.9. The van der Waals surface area contributed by atoms with E-state index in [0.29, 0.717) is 52.7 Å². The molecule has 6 aromatic rings. The van der Waals surface area contributed by atoms with Crippen LogP contribution in [0, 0.1) is 59.3 Å². The molecule has 6 aliphatic rings. The molecule has 6 N–H and O–H groups in total. The van der Waals surface area contributed by atoms with Crippen molar-refractivity contribution in [3.8, 4) is 0 Å². The van der Waals surface area contributed by atoms with Gasteiger partial charge in [-0.2, -0.15) is 0 Å². The molecule has 9 heterocycles. The van der Waals surface area contributed by atoms with E-state index < -0.39 is 59.7 Å². The first kappa shape index (κ1) is 87.7. The highest BCUT2D eigenvalue weighted by molar-refractivity contribution is 5.85. The highest BCUT2D eigenvalue weighted by Gasteiger charge is 2.33. The van der Waals surface area contributed by atoms with Crippen molar-refractivity contribution < 1.29 is 72.7 Å². The number of nitrogens with zero attached hydrogens (tertiary/aromatic N) is 12. The molecule has 3 aliphatic heterocycles.